The Kier molecular flexibility index (Phi) is 2.23. The predicted octanol–water partition coefficient (Wildman–Crippen LogP) is 4.33. The first-order valence-electron chi connectivity index (χ1n) is 5.08. The van der Waals surface area contributed by atoms with Crippen LogP contribution in [-0.4, -0.2) is 5.78 Å². The van der Waals surface area contributed by atoms with Gasteiger partial charge in [0.2, 0.25) is 5.78 Å². The van der Waals surface area contributed by atoms with Gasteiger partial charge in [-0.3, -0.25) is 4.79 Å². The fourth-order valence-corrected chi connectivity index (χ4v) is 2.07. The van der Waals surface area contributed by atoms with Gasteiger partial charge in [-0.15, -0.1) is 0 Å². The first-order valence-corrected chi connectivity index (χ1v) is 5.84. The lowest BCUT2D eigenvalue weighted by atomic mass is 10.2. The number of carbonyl (C=O) groups excluding carboxylic acids is 1. The molecular formula is C12H8Cl2O2. The average molecular weight is 255 g/mol. The van der Waals surface area contributed by atoms with Crippen LogP contribution in [0.25, 0.3) is 11.0 Å². The summed E-state index contributed by atoms with van der Waals surface area (Å²) in [5, 5.41) is 1.63. The molecule has 0 N–H and O–H groups in total. The van der Waals surface area contributed by atoms with E-state index in [1.807, 2.05) is 0 Å². The number of benzene rings is 1. The SMILES string of the molecule is O=C(c1cc2ccc(Cl)c(Cl)c2o1)C1CC1. The number of ketones is 1. The van der Waals surface area contributed by atoms with Crippen molar-refractivity contribution in [2.24, 2.45) is 5.92 Å². The quantitative estimate of drug-likeness (QED) is 0.747. The fourth-order valence-electron chi connectivity index (χ4n) is 1.71. The molecule has 2 aromatic rings. The third-order valence-electron chi connectivity index (χ3n) is 2.77. The minimum absolute atomic E-state index is 0.0726. The zero-order valence-corrected chi connectivity index (χ0v) is 9.81. The highest BCUT2D eigenvalue weighted by atomic mass is 35.5. The molecule has 0 atom stereocenters. The van der Waals surface area contributed by atoms with Crippen LogP contribution < -0.4 is 0 Å². The van der Waals surface area contributed by atoms with Crippen LogP contribution in [0.15, 0.2) is 22.6 Å². The molecule has 1 heterocycles. The Morgan fingerprint density at radius 1 is 1.31 bits per heavy atom. The third-order valence-corrected chi connectivity index (χ3v) is 3.56. The molecule has 0 bridgehead atoms. The lowest BCUT2D eigenvalue weighted by Crippen LogP contribution is -1.98. The number of Topliss-reactive ketones (excluding diaryl/α,β-unsaturated/α-hetero) is 1. The molecule has 1 aromatic heterocycles. The standard InChI is InChI=1S/C12H8Cl2O2/c13-8-4-3-7-5-9(11(15)6-1-2-6)16-12(7)10(8)14/h3-6H,1-2H2. The zero-order valence-electron chi connectivity index (χ0n) is 8.30. The normalized spacial score (nSPS) is 15.6. The van der Waals surface area contributed by atoms with Crippen LogP contribution in [0.2, 0.25) is 10.0 Å². The molecular weight excluding hydrogens is 247 g/mol. The van der Waals surface area contributed by atoms with Crippen LogP contribution in [0.5, 0.6) is 0 Å². The summed E-state index contributed by atoms with van der Waals surface area (Å²) in [6.07, 6.45) is 1.93. The second kappa shape index (κ2) is 3.51. The maximum absolute atomic E-state index is 11.8. The highest BCUT2D eigenvalue weighted by Crippen LogP contribution is 2.37. The Labute approximate surface area is 102 Å². The molecule has 1 aliphatic rings. The van der Waals surface area contributed by atoms with E-state index in [2.05, 4.69) is 0 Å². The summed E-state index contributed by atoms with van der Waals surface area (Å²) in [4.78, 5) is 11.8. The second-order valence-corrected chi connectivity index (χ2v) is 4.81. The molecule has 0 aliphatic heterocycles. The van der Waals surface area contributed by atoms with Crippen molar-refractivity contribution in [3.05, 3.63) is 34.0 Å². The molecule has 0 amide bonds. The Bertz CT molecular complexity index is 582. The summed E-state index contributed by atoms with van der Waals surface area (Å²) < 4.78 is 5.48. The van der Waals surface area contributed by atoms with Gasteiger partial charge in [-0.1, -0.05) is 23.2 Å². The number of halogens is 2. The maximum atomic E-state index is 11.8. The van der Waals surface area contributed by atoms with Gasteiger partial charge in [0, 0.05) is 11.3 Å². The first-order chi connectivity index (χ1) is 7.66. The van der Waals surface area contributed by atoms with E-state index < -0.39 is 0 Å². The van der Waals surface area contributed by atoms with Crippen molar-refractivity contribution in [3.8, 4) is 0 Å². The number of hydrogen-bond donors (Lipinski definition) is 0. The van der Waals surface area contributed by atoms with E-state index in [9.17, 15) is 4.79 Å². The van der Waals surface area contributed by atoms with Gasteiger partial charge in [-0.25, -0.2) is 0 Å². The van der Waals surface area contributed by atoms with E-state index in [-0.39, 0.29) is 11.7 Å². The number of hydrogen-bond acceptors (Lipinski definition) is 2. The molecule has 0 radical (unpaired) electrons. The lowest BCUT2D eigenvalue weighted by Gasteiger charge is -1.94. The molecule has 0 spiro atoms. The van der Waals surface area contributed by atoms with Crippen LogP contribution >= 0.6 is 23.2 Å². The highest BCUT2D eigenvalue weighted by Gasteiger charge is 2.32. The third kappa shape index (κ3) is 1.53. The van der Waals surface area contributed by atoms with Crippen LogP contribution in [0.3, 0.4) is 0 Å². The first kappa shape index (κ1) is 10.2. The van der Waals surface area contributed by atoms with Gasteiger partial charge in [-0.05, 0) is 31.0 Å². The average Bonchev–Trinajstić information content (AvgIpc) is 3.02. The Balaban J connectivity index is 2.15. The Hall–Kier alpha value is -0.990. The van der Waals surface area contributed by atoms with E-state index in [1.54, 1.807) is 18.2 Å². The molecule has 1 aliphatic carbocycles. The Morgan fingerprint density at radius 2 is 2.06 bits per heavy atom. The van der Waals surface area contributed by atoms with E-state index in [1.165, 1.54) is 0 Å². The maximum Gasteiger partial charge on any atom is 0.201 e. The van der Waals surface area contributed by atoms with Crippen molar-refractivity contribution in [1.82, 2.24) is 0 Å². The van der Waals surface area contributed by atoms with Gasteiger partial charge >= 0.3 is 0 Å². The van der Waals surface area contributed by atoms with Gasteiger partial charge < -0.3 is 4.42 Å². The second-order valence-electron chi connectivity index (χ2n) is 4.03. The molecule has 1 fully saturated rings. The minimum atomic E-state index is 0.0726. The van der Waals surface area contributed by atoms with Gasteiger partial charge in [0.05, 0.1) is 5.02 Å². The molecule has 82 valence electrons. The number of fused-ring (bicyclic) bond motifs is 1. The zero-order chi connectivity index (χ0) is 11.3. The van der Waals surface area contributed by atoms with Gasteiger partial charge in [-0.2, -0.15) is 0 Å². The monoisotopic (exact) mass is 254 g/mol. The number of furan rings is 1. The summed E-state index contributed by atoms with van der Waals surface area (Å²) in [6, 6.07) is 5.24. The summed E-state index contributed by atoms with van der Waals surface area (Å²) in [5.41, 5.74) is 0.498. The largest absolute Gasteiger partial charge is 0.451 e. The minimum Gasteiger partial charge on any atom is -0.451 e. The van der Waals surface area contributed by atoms with Crippen molar-refractivity contribution < 1.29 is 9.21 Å². The van der Waals surface area contributed by atoms with Crippen molar-refractivity contribution >= 4 is 40.0 Å². The van der Waals surface area contributed by atoms with E-state index in [0.29, 0.717) is 21.4 Å². The lowest BCUT2D eigenvalue weighted by molar-refractivity contribution is 0.0942. The summed E-state index contributed by atoms with van der Waals surface area (Å²) in [5.74, 6) is 0.611. The van der Waals surface area contributed by atoms with Crippen LogP contribution in [-0.2, 0) is 0 Å². The van der Waals surface area contributed by atoms with Crippen molar-refractivity contribution in [2.75, 3.05) is 0 Å². The number of rotatable bonds is 2. The summed E-state index contributed by atoms with van der Waals surface area (Å²) >= 11 is 11.9. The molecule has 0 unspecified atom stereocenters. The highest BCUT2D eigenvalue weighted by molar-refractivity contribution is 6.44. The molecule has 4 heteroatoms. The summed E-state index contributed by atoms with van der Waals surface area (Å²) in [7, 11) is 0. The van der Waals surface area contributed by atoms with Crippen LogP contribution in [0, 0.1) is 5.92 Å². The topological polar surface area (TPSA) is 30.2 Å². The molecule has 1 aromatic carbocycles. The van der Waals surface area contributed by atoms with Crippen molar-refractivity contribution in [1.29, 1.82) is 0 Å². The molecule has 16 heavy (non-hydrogen) atoms. The van der Waals surface area contributed by atoms with Gasteiger partial charge in [0.15, 0.2) is 11.3 Å². The van der Waals surface area contributed by atoms with Crippen LogP contribution in [0.4, 0.5) is 0 Å². The van der Waals surface area contributed by atoms with Crippen molar-refractivity contribution in [2.45, 2.75) is 12.8 Å². The van der Waals surface area contributed by atoms with E-state index in [4.69, 9.17) is 27.6 Å². The Morgan fingerprint density at radius 3 is 2.75 bits per heavy atom. The molecule has 0 saturated heterocycles. The van der Waals surface area contributed by atoms with E-state index in [0.717, 1.165) is 18.2 Å². The van der Waals surface area contributed by atoms with Crippen molar-refractivity contribution in [3.63, 3.8) is 0 Å². The molecule has 1 saturated carbocycles. The fraction of sp³-hybridized carbons (Fsp3) is 0.250. The number of carbonyl (C=O) groups is 1. The molecule has 3 rings (SSSR count). The van der Waals surface area contributed by atoms with E-state index >= 15 is 0 Å². The predicted molar refractivity (Wildman–Crippen MR) is 63.3 cm³/mol. The smallest absolute Gasteiger partial charge is 0.201 e. The summed E-state index contributed by atoms with van der Waals surface area (Å²) in [6.45, 7) is 0. The molecule has 2 nitrogen and oxygen atoms in total. The van der Waals surface area contributed by atoms with Crippen LogP contribution in [0.1, 0.15) is 23.4 Å². The van der Waals surface area contributed by atoms with Gasteiger partial charge in [0.1, 0.15) is 5.02 Å². The van der Waals surface area contributed by atoms with Gasteiger partial charge in [0.25, 0.3) is 0 Å².